The first-order valence-corrected chi connectivity index (χ1v) is 10.7. The number of thiophene rings is 1. The Bertz CT molecular complexity index is 1090. The zero-order chi connectivity index (χ0) is 22.0. The van der Waals surface area contributed by atoms with E-state index in [4.69, 9.17) is 9.84 Å². The van der Waals surface area contributed by atoms with E-state index in [0.717, 1.165) is 0 Å². The molecule has 1 saturated heterocycles. The summed E-state index contributed by atoms with van der Waals surface area (Å²) in [5.41, 5.74) is 0.375. The third kappa shape index (κ3) is 4.51. The number of morpholine rings is 1. The molecule has 31 heavy (non-hydrogen) atoms. The topological polar surface area (TPSA) is 87.6 Å². The molecule has 0 saturated carbocycles. The van der Waals surface area contributed by atoms with Gasteiger partial charge < -0.3 is 20.1 Å². The number of aromatic nitrogens is 2. The average molecular weight is 448 g/mol. The lowest BCUT2D eigenvalue weighted by molar-refractivity contribution is -0.0556. The minimum absolute atomic E-state index is 0.0655. The number of ether oxygens (including phenoxy) is 1. The molecule has 2 aromatic heterocycles. The number of aliphatic hydroxyl groups is 1. The van der Waals surface area contributed by atoms with E-state index in [9.17, 15) is 13.6 Å². The van der Waals surface area contributed by atoms with Crippen LogP contribution in [0.25, 0.3) is 10.2 Å². The van der Waals surface area contributed by atoms with Crippen molar-refractivity contribution in [2.24, 2.45) is 0 Å². The molecule has 0 aliphatic carbocycles. The van der Waals surface area contributed by atoms with E-state index in [1.54, 1.807) is 17.0 Å². The standard InChI is InChI=1S/C21H22F2N4O3S/c1-13(14-3-2-4-15(9-14)21(22,23)11-28)26-18-16-10-17(31-19(16)25-12-24-18)20(29)27-5-7-30-8-6-27/h2-4,9-10,12-13,28H,5-8,11H2,1H3,(H,24,25,26)/t13-/m1/s1. The van der Waals surface area contributed by atoms with Gasteiger partial charge in [-0.25, -0.2) is 9.97 Å². The second kappa shape index (κ2) is 8.81. The summed E-state index contributed by atoms with van der Waals surface area (Å²) in [5, 5.41) is 12.9. The minimum atomic E-state index is -3.31. The first-order chi connectivity index (χ1) is 14.9. The van der Waals surface area contributed by atoms with Crippen LogP contribution in [0.3, 0.4) is 0 Å². The summed E-state index contributed by atoms with van der Waals surface area (Å²) in [7, 11) is 0. The maximum absolute atomic E-state index is 13.9. The third-order valence-electron chi connectivity index (χ3n) is 5.20. The molecular weight excluding hydrogens is 426 g/mol. The summed E-state index contributed by atoms with van der Waals surface area (Å²) in [6.45, 7) is 2.73. The molecule has 1 aliphatic rings. The van der Waals surface area contributed by atoms with Gasteiger partial charge in [0.25, 0.3) is 11.8 Å². The number of alkyl halides is 2. The van der Waals surface area contributed by atoms with Gasteiger partial charge in [-0.2, -0.15) is 8.78 Å². The number of hydrogen-bond donors (Lipinski definition) is 2. The Morgan fingerprint density at radius 2 is 2.10 bits per heavy atom. The molecular formula is C21H22F2N4O3S. The molecule has 1 amide bonds. The number of aliphatic hydroxyl groups excluding tert-OH is 1. The Morgan fingerprint density at radius 1 is 1.32 bits per heavy atom. The van der Waals surface area contributed by atoms with Crippen molar-refractivity contribution in [3.63, 3.8) is 0 Å². The van der Waals surface area contributed by atoms with Crippen LogP contribution >= 0.6 is 11.3 Å². The SMILES string of the molecule is C[C@@H](Nc1ncnc2sc(C(=O)N3CCOCC3)cc12)c1cccc(C(F)(F)CO)c1. The Kier molecular flexibility index (Phi) is 6.12. The number of rotatable bonds is 6. The van der Waals surface area contributed by atoms with Crippen molar-refractivity contribution in [2.45, 2.75) is 18.9 Å². The van der Waals surface area contributed by atoms with Crippen LogP contribution in [0.5, 0.6) is 0 Å². The molecule has 1 atom stereocenters. The molecule has 0 spiro atoms. The largest absolute Gasteiger partial charge is 0.390 e. The lowest BCUT2D eigenvalue weighted by atomic mass is 10.0. The fraction of sp³-hybridized carbons (Fsp3) is 0.381. The summed E-state index contributed by atoms with van der Waals surface area (Å²) in [6, 6.07) is 7.35. The van der Waals surface area contributed by atoms with E-state index in [2.05, 4.69) is 15.3 Å². The number of carbonyl (C=O) groups excluding carboxylic acids is 1. The van der Waals surface area contributed by atoms with Crippen molar-refractivity contribution < 1.29 is 23.4 Å². The molecule has 0 radical (unpaired) electrons. The predicted molar refractivity (Wildman–Crippen MR) is 114 cm³/mol. The van der Waals surface area contributed by atoms with Crippen LogP contribution in [0.15, 0.2) is 36.7 Å². The second-order valence-electron chi connectivity index (χ2n) is 7.31. The smallest absolute Gasteiger partial charge is 0.295 e. The second-order valence-corrected chi connectivity index (χ2v) is 8.34. The predicted octanol–water partition coefficient (Wildman–Crippen LogP) is 3.42. The van der Waals surface area contributed by atoms with E-state index in [-0.39, 0.29) is 17.5 Å². The van der Waals surface area contributed by atoms with Crippen molar-refractivity contribution in [3.8, 4) is 0 Å². The Morgan fingerprint density at radius 3 is 2.84 bits per heavy atom. The van der Waals surface area contributed by atoms with Crippen LogP contribution in [-0.2, 0) is 10.7 Å². The highest BCUT2D eigenvalue weighted by atomic mass is 32.1. The summed E-state index contributed by atoms with van der Waals surface area (Å²) < 4.78 is 33.0. The van der Waals surface area contributed by atoms with E-state index in [1.807, 2.05) is 6.92 Å². The zero-order valence-electron chi connectivity index (χ0n) is 16.8. The number of hydrogen-bond acceptors (Lipinski definition) is 7. The highest BCUT2D eigenvalue weighted by Crippen LogP contribution is 2.33. The van der Waals surface area contributed by atoms with Crippen molar-refractivity contribution >= 4 is 33.3 Å². The number of anilines is 1. The maximum atomic E-state index is 13.9. The molecule has 0 bridgehead atoms. The first kappa shape index (κ1) is 21.5. The molecule has 3 heterocycles. The van der Waals surface area contributed by atoms with Gasteiger partial charge in [-0.3, -0.25) is 4.79 Å². The van der Waals surface area contributed by atoms with Crippen molar-refractivity contribution in [3.05, 3.63) is 52.7 Å². The van der Waals surface area contributed by atoms with E-state index >= 15 is 0 Å². The number of amides is 1. The van der Waals surface area contributed by atoms with Gasteiger partial charge in [0.05, 0.1) is 23.5 Å². The summed E-state index contributed by atoms with van der Waals surface area (Å²) in [5.74, 6) is -2.85. The van der Waals surface area contributed by atoms with Gasteiger partial charge in [-0.05, 0) is 24.6 Å². The Hall–Kier alpha value is -2.69. The van der Waals surface area contributed by atoms with Crippen molar-refractivity contribution in [1.82, 2.24) is 14.9 Å². The van der Waals surface area contributed by atoms with Gasteiger partial charge >= 0.3 is 0 Å². The molecule has 3 aromatic rings. The number of halogens is 2. The highest BCUT2D eigenvalue weighted by Gasteiger charge is 2.31. The van der Waals surface area contributed by atoms with Crippen LogP contribution in [0.2, 0.25) is 0 Å². The summed E-state index contributed by atoms with van der Waals surface area (Å²) >= 11 is 1.29. The van der Waals surface area contributed by atoms with Gasteiger partial charge in [0.1, 0.15) is 23.6 Å². The lowest BCUT2D eigenvalue weighted by Gasteiger charge is -2.26. The first-order valence-electron chi connectivity index (χ1n) is 9.86. The quantitative estimate of drug-likeness (QED) is 0.601. The van der Waals surface area contributed by atoms with Crippen molar-refractivity contribution in [2.75, 3.05) is 38.2 Å². The Balaban J connectivity index is 1.58. The van der Waals surface area contributed by atoms with Gasteiger partial charge in [0.15, 0.2) is 0 Å². The molecule has 7 nitrogen and oxygen atoms in total. The molecule has 164 valence electrons. The van der Waals surface area contributed by atoms with Gasteiger partial charge in [-0.1, -0.05) is 18.2 Å². The maximum Gasteiger partial charge on any atom is 0.295 e. The summed E-state index contributed by atoms with van der Waals surface area (Å²) in [6.07, 6.45) is 1.41. The molecule has 4 rings (SSSR count). The van der Waals surface area contributed by atoms with Crippen molar-refractivity contribution in [1.29, 1.82) is 0 Å². The van der Waals surface area contributed by atoms with E-state index < -0.39 is 12.5 Å². The molecule has 0 unspecified atom stereocenters. The van der Waals surface area contributed by atoms with E-state index in [0.29, 0.717) is 52.8 Å². The van der Waals surface area contributed by atoms with Gasteiger partial charge in [0, 0.05) is 24.7 Å². The molecule has 1 fully saturated rings. The average Bonchev–Trinajstić information content (AvgIpc) is 3.24. The third-order valence-corrected chi connectivity index (χ3v) is 6.23. The summed E-state index contributed by atoms with van der Waals surface area (Å²) in [4.78, 5) is 24.4. The van der Waals surface area contributed by atoms with Crippen LogP contribution in [-0.4, -0.2) is 58.8 Å². The molecule has 1 aliphatic heterocycles. The van der Waals surface area contributed by atoms with Crippen LogP contribution in [0.4, 0.5) is 14.6 Å². The fourth-order valence-electron chi connectivity index (χ4n) is 3.41. The number of benzene rings is 1. The number of nitrogens with zero attached hydrogens (tertiary/aromatic N) is 3. The van der Waals surface area contributed by atoms with Crippen LogP contribution in [0, 0.1) is 0 Å². The minimum Gasteiger partial charge on any atom is -0.390 e. The number of fused-ring (bicyclic) bond motifs is 1. The fourth-order valence-corrected chi connectivity index (χ4v) is 4.38. The highest BCUT2D eigenvalue weighted by molar-refractivity contribution is 7.20. The van der Waals surface area contributed by atoms with Gasteiger partial charge in [-0.15, -0.1) is 11.3 Å². The van der Waals surface area contributed by atoms with Gasteiger partial charge in [0.2, 0.25) is 0 Å². The number of nitrogens with one attached hydrogen (secondary N) is 1. The van der Waals surface area contributed by atoms with E-state index in [1.165, 1.54) is 35.9 Å². The van der Waals surface area contributed by atoms with Crippen LogP contribution < -0.4 is 5.32 Å². The Labute approximate surface area is 181 Å². The monoisotopic (exact) mass is 448 g/mol. The number of carbonyl (C=O) groups is 1. The van der Waals surface area contributed by atoms with Crippen LogP contribution in [0.1, 0.15) is 33.8 Å². The molecule has 10 heteroatoms. The lowest BCUT2D eigenvalue weighted by Crippen LogP contribution is -2.40. The normalized spacial score (nSPS) is 15.8. The molecule has 1 aromatic carbocycles. The zero-order valence-corrected chi connectivity index (χ0v) is 17.7. The molecule has 2 N–H and O–H groups in total.